The number of halogens is 2. The maximum atomic E-state index is 6.17. The molecule has 84 valence electrons. The first-order valence-corrected chi connectivity index (χ1v) is 6.48. The van der Waals surface area contributed by atoms with Gasteiger partial charge in [0.25, 0.3) is 0 Å². The van der Waals surface area contributed by atoms with Gasteiger partial charge >= 0.3 is 0 Å². The van der Waals surface area contributed by atoms with E-state index in [2.05, 4.69) is 22.0 Å². The molecule has 1 saturated carbocycles. The standard InChI is InChI=1S/C12H11BrClNO/c13-7-3-8-11(6-1-2-6)10(5-15)16-12(8)9(14)4-7/h3-4,6H,1-2,5,15H2. The van der Waals surface area contributed by atoms with Gasteiger partial charge < -0.3 is 10.2 Å². The van der Waals surface area contributed by atoms with Gasteiger partial charge in [-0.3, -0.25) is 0 Å². The first kappa shape index (κ1) is 10.6. The second-order valence-corrected chi connectivity index (χ2v) is 5.50. The van der Waals surface area contributed by atoms with Crippen LogP contribution in [0.15, 0.2) is 21.0 Å². The molecular weight excluding hydrogens is 289 g/mol. The van der Waals surface area contributed by atoms with Crippen LogP contribution >= 0.6 is 27.5 Å². The lowest BCUT2D eigenvalue weighted by molar-refractivity contribution is 0.546. The maximum Gasteiger partial charge on any atom is 0.153 e. The van der Waals surface area contributed by atoms with Gasteiger partial charge in [-0.2, -0.15) is 0 Å². The quantitative estimate of drug-likeness (QED) is 0.903. The van der Waals surface area contributed by atoms with Crippen LogP contribution in [0.25, 0.3) is 11.0 Å². The highest BCUT2D eigenvalue weighted by atomic mass is 79.9. The molecule has 2 N–H and O–H groups in total. The summed E-state index contributed by atoms with van der Waals surface area (Å²) in [5.41, 5.74) is 7.75. The highest BCUT2D eigenvalue weighted by Gasteiger charge is 2.31. The van der Waals surface area contributed by atoms with Gasteiger partial charge in [-0.05, 0) is 30.9 Å². The van der Waals surface area contributed by atoms with E-state index in [9.17, 15) is 0 Å². The van der Waals surface area contributed by atoms with Crippen molar-refractivity contribution >= 4 is 38.5 Å². The van der Waals surface area contributed by atoms with E-state index in [1.165, 1.54) is 18.4 Å². The van der Waals surface area contributed by atoms with Crippen molar-refractivity contribution in [3.8, 4) is 0 Å². The van der Waals surface area contributed by atoms with E-state index in [4.69, 9.17) is 21.8 Å². The number of benzene rings is 1. The van der Waals surface area contributed by atoms with Crippen molar-refractivity contribution in [2.45, 2.75) is 25.3 Å². The molecule has 1 aromatic heterocycles. The zero-order chi connectivity index (χ0) is 11.3. The SMILES string of the molecule is NCc1oc2c(Cl)cc(Br)cc2c1C1CC1. The van der Waals surface area contributed by atoms with E-state index in [0.29, 0.717) is 17.5 Å². The minimum absolute atomic E-state index is 0.439. The first-order chi connectivity index (χ1) is 7.70. The fourth-order valence-electron chi connectivity index (χ4n) is 2.16. The van der Waals surface area contributed by atoms with Gasteiger partial charge in [0.05, 0.1) is 11.6 Å². The molecule has 1 aliphatic carbocycles. The van der Waals surface area contributed by atoms with E-state index in [0.717, 1.165) is 21.2 Å². The summed E-state index contributed by atoms with van der Waals surface area (Å²) in [6.45, 7) is 0.439. The average Bonchev–Trinajstić information content (AvgIpc) is 3.00. The lowest BCUT2D eigenvalue weighted by Gasteiger charge is -1.98. The fraction of sp³-hybridized carbons (Fsp3) is 0.333. The van der Waals surface area contributed by atoms with Crippen molar-refractivity contribution in [3.63, 3.8) is 0 Å². The third-order valence-electron chi connectivity index (χ3n) is 3.00. The van der Waals surface area contributed by atoms with E-state index < -0.39 is 0 Å². The molecule has 4 heteroatoms. The summed E-state index contributed by atoms with van der Waals surface area (Å²) in [4.78, 5) is 0. The Hall–Kier alpha value is -0.510. The summed E-state index contributed by atoms with van der Waals surface area (Å²) in [6, 6.07) is 3.92. The monoisotopic (exact) mass is 299 g/mol. The molecule has 1 aromatic carbocycles. The molecule has 2 nitrogen and oxygen atoms in total. The minimum Gasteiger partial charge on any atom is -0.458 e. The van der Waals surface area contributed by atoms with Gasteiger partial charge in [-0.25, -0.2) is 0 Å². The van der Waals surface area contributed by atoms with Crippen molar-refractivity contribution in [2.75, 3.05) is 0 Å². The number of rotatable bonds is 2. The highest BCUT2D eigenvalue weighted by Crippen LogP contribution is 2.47. The van der Waals surface area contributed by atoms with Crippen molar-refractivity contribution in [1.82, 2.24) is 0 Å². The van der Waals surface area contributed by atoms with Crippen LogP contribution in [0.3, 0.4) is 0 Å². The van der Waals surface area contributed by atoms with Crippen molar-refractivity contribution in [2.24, 2.45) is 5.73 Å². The highest BCUT2D eigenvalue weighted by molar-refractivity contribution is 9.10. The van der Waals surface area contributed by atoms with Crippen LogP contribution < -0.4 is 5.73 Å². The molecular formula is C12H11BrClNO. The van der Waals surface area contributed by atoms with E-state index in [-0.39, 0.29) is 0 Å². The Morgan fingerprint density at radius 2 is 2.19 bits per heavy atom. The van der Waals surface area contributed by atoms with Gasteiger partial charge in [0.15, 0.2) is 5.58 Å². The number of nitrogens with two attached hydrogens (primary N) is 1. The summed E-state index contributed by atoms with van der Waals surface area (Å²) in [6.07, 6.45) is 2.46. The molecule has 0 bridgehead atoms. The predicted molar refractivity (Wildman–Crippen MR) is 68.8 cm³/mol. The third kappa shape index (κ3) is 1.58. The lowest BCUT2D eigenvalue weighted by atomic mass is 10.1. The molecule has 0 saturated heterocycles. The first-order valence-electron chi connectivity index (χ1n) is 5.31. The van der Waals surface area contributed by atoms with Crippen LogP contribution in [-0.4, -0.2) is 0 Å². The second-order valence-electron chi connectivity index (χ2n) is 4.18. The van der Waals surface area contributed by atoms with E-state index in [1.54, 1.807) is 0 Å². The Balaban J connectivity index is 2.35. The van der Waals surface area contributed by atoms with Crippen LogP contribution in [0.4, 0.5) is 0 Å². The number of hydrogen-bond acceptors (Lipinski definition) is 2. The van der Waals surface area contributed by atoms with Crippen LogP contribution in [0.2, 0.25) is 5.02 Å². The summed E-state index contributed by atoms with van der Waals surface area (Å²) in [5, 5.41) is 1.76. The molecule has 0 amide bonds. The van der Waals surface area contributed by atoms with Crippen LogP contribution in [0.1, 0.15) is 30.1 Å². The molecule has 1 heterocycles. The summed E-state index contributed by atoms with van der Waals surface area (Å²) < 4.78 is 6.74. The molecule has 2 aromatic rings. The molecule has 0 radical (unpaired) electrons. The molecule has 1 fully saturated rings. The Morgan fingerprint density at radius 3 is 2.81 bits per heavy atom. The van der Waals surface area contributed by atoms with Crippen LogP contribution in [0, 0.1) is 0 Å². The van der Waals surface area contributed by atoms with Crippen molar-refractivity contribution < 1.29 is 4.42 Å². The number of fused-ring (bicyclic) bond motifs is 1. The Morgan fingerprint density at radius 1 is 1.44 bits per heavy atom. The molecule has 0 atom stereocenters. The molecule has 0 aliphatic heterocycles. The number of hydrogen-bond donors (Lipinski definition) is 1. The fourth-order valence-corrected chi connectivity index (χ4v) is 3.01. The van der Waals surface area contributed by atoms with Crippen molar-refractivity contribution in [1.29, 1.82) is 0 Å². The van der Waals surface area contributed by atoms with Gasteiger partial charge in [0.1, 0.15) is 5.76 Å². The van der Waals surface area contributed by atoms with Gasteiger partial charge in [0.2, 0.25) is 0 Å². The molecule has 1 aliphatic rings. The molecule has 16 heavy (non-hydrogen) atoms. The van der Waals surface area contributed by atoms with Gasteiger partial charge in [-0.1, -0.05) is 27.5 Å². The zero-order valence-corrected chi connectivity index (χ0v) is 10.9. The van der Waals surface area contributed by atoms with E-state index in [1.807, 2.05) is 6.07 Å². The Labute approximate surface area is 107 Å². The van der Waals surface area contributed by atoms with Crippen molar-refractivity contribution in [3.05, 3.63) is 33.0 Å². The summed E-state index contributed by atoms with van der Waals surface area (Å²) in [5.74, 6) is 1.50. The topological polar surface area (TPSA) is 39.2 Å². The van der Waals surface area contributed by atoms with Gasteiger partial charge in [0, 0.05) is 15.4 Å². The number of furan rings is 1. The zero-order valence-electron chi connectivity index (χ0n) is 8.59. The predicted octanol–water partition coefficient (Wildman–Crippen LogP) is 4.18. The molecule has 0 unspecified atom stereocenters. The lowest BCUT2D eigenvalue weighted by Crippen LogP contribution is -1.97. The third-order valence-corrected chi connectivity index (χ3v) is 3.73. The minimum atomic E-state index is 0.439. The largest absolute Gasteiger partial charge is 0.458 e. The Kier molecular flexibility index (Phi) is 2.50. The molecule has 0 spiro atoms. The second kappa shape index (κ2) is 3.76. The maximum absolute atomic E-state index is 6.17. The normalized spacial score (nSPS) is 15.9. The van der Waals surface area contributed by atoms with Crippen LogP contribution in [0.5, 0.6) is 0 Å². The van der Waals surface area contributed by atoms with E-state index >= 15 is 0 Å². The summed E-state index contributed by atoms with van der Waals surface area (Å²) >= 11 is 9.63. The Bertz CT molecular complexity index is 560. The van der Waals surface area contributed by atoms with Gasteiger partial charge in [-0.15, -0.1) is 0 Å². The smallest absolute Gasteiger partial charge is 0.153 e. The average molecular weight is 301 g/mol. The molecule has 3 rings (SSSR count). The van der Waals surface area contributed by atoms with Crippen LogP contribution in [-0.2, 0) is 6.54 Å². The summed E-state index contributed by atoms with van der Waals surface area (Å²) in [7, 11) is 0.